The molecule has 2 saturated heterocycles. The minimum Gasteiger partial charge on any atom is -0.475 e. The van der Waals surface area contributed by atoms with Crippen LogP contribution in [-0.2, 0) is 25.5 Å². The van der Waals surface area contributed by atoms with E-state index in [-0.39, 0.29) is 11.4 Å². The molecule has 1 aromatic rings. The number of rotatable bonds is 5. The van der Waals surface area contributed by atoms with E-state index in [1.54, 1.807) is 0 Å². The normalized spacial score (nSPS) is 17.5. The van der Waals surface area contributed by atoms with Gasteiger partial charge in [-0.3, -0.25) is 9.69 Å². The first-order valence-corrected chi connectivity index (χ1v) is 11.9. The molecule has 39 heavy (non-hydrogen) atoms. The zero-order chi connectivity index (χ0) is 29.9. The Morgan fingerprint density at radius 1 is 0.923 bits per heavy atom. The van der Waals surface area contributed by atoms with Crippen molar-refractivity contribution in [3.05, 3.63) is 35.9 Å². The van der Waals surface area contributed by atoms with Gasteiger partial charge in [0.15, 0.2) is 0 Å². The number of carboxylic acid groups (broad SMARTS) is 2. The summed E-state index contributed by atoms with van der Waals surface area (Å²) in [5, 5.41) is 14.2. The van der Waals surface area contributed by atoms with Crippen LogP contribution in [0.15, 0.2) is 30.3 Å². The minimum atomic E-state index is -5.08. The van der Waals surface area contributed by atoms with E-state index in [0.717, 1.165) is 64.3 Å². The summed E-state index contributed by atoms with van der Waals surface area (Å²) in [4.78, 5) is 37.3. The summed E-state index contributed by atoms with van der Waals surface area (Å²) in [5.74, 6) is -5.27. The molecular formula is C24H33F6N3O6. The summed E-state index contributed by atoms with van der Waals surface area (Å²) in [6.07, 6.45) is -7.63. The zero-order valence-electron chi connectivity index (χ0n) is 21.6. The molecule has 222 valence electrons. The van der Waals surface area contributed by atoms with Gasteiger partial charge < -0.3 is 24.7 Å². The molecule has 0 radical (unpaired) electrons. The number of ether oxygens (including phenoxy) is 1. The number of amides is 1. The van der Waals surface area contributed by atoms with Gasteiger partial charge in [-0.15, -0.1) is 0 Å². The maximum Gasteiger partial charge on any atom is 0.490 e. The molecule has 3 rings (SSSR count). The molecule has 15 heteroatoms. The molecule has 2 fully saturated rings. The third-order valence-electron chi connectivity index (χ3n) is 6.09. The standard InChI is InChI=1S/C20H31N3O2.2C2HF3O2/c1-21(2)12-13-23-14-15-25-17-20(23)8-10-22(11-9-20)19(24)16-18-6-4-3-5-7-18;2*3-2(4,5)1(6)7/h3-7H,8-17H2,1-2H3;2*(H,6,7). The summed E-state index contributed by atoms with van der Waals surface area (Å²) in [6, 6.07) is 10.0. The van der Waals surface area contributed by atoms with Crippen LogP contribution in [0, 0.1) is 0 Å². The molecular weight excluding hydrogens is 540 g/mol. The second kappa shape index (κ2) is 15.0. The van der Waals surface area contributed by atoms with Crippen LogP contribution in [0.5, 0.6) is 0 Å². The summed E-state index contributed by atoms with van der Waals surface area (Å²) in [7, 11) is 4.25. The summed E-state index contributed by atoms with van der Waals surface area (Å²) in [5.41, 5.74) is 1.22. The lowest BCUT2D eigenvalue weighted by Gasteiger charge is -2.51. The van der Waals surface area contributed by atoms with Gasteiger partial charge in [-0.25, -0.2) is 9.59 Å². The second-order valence-corrected chi connectivity index (χ2v) is 9.22. The largest absolute Gasteiger partial charge is 0.490 e. The number of carboxylic acids is 2. The van der Waals surface area contributed by atoms with E-state index in [4.69, 9.17) is 24.5 Å². The number of morpholine rings is 1. The van der Waals surface area contributed by atoms with Crippen LogP contribution in [0.25, 0.3) is 0 Å². The monoisotopic (exact) mass is 573 g/mol. The van der Waals surface area contributed by atoms with E-state index in [1.807, 2.05) is 35.2 Å². The lowest BCUT2D eigenvalue weighted by molar-refractivity contribution is -0.193. The molecule has 9 nitrogen and oxygen atoms in total. The Balaban J connectivity index is 0.000000449. The number of carbonyl (C=O) groups is 3. The van der Waals surface area contributed by atoms with Crippen molar-refractivity contribution < 1.29 is 55.7 Å². The molecule has 2 N–H and O–H groups in total. The van der Waals surface area contributed by atoms with Crippen molar-refractivity contribution in [3.8, 4) is 0 Å². The first-order chi connectivity index (χ1) is 18.0. The van der Waals surface area contributed by atoms with E-state index in [9.17, 15) is 31.1 Å². The molecule has 2 aliphatic heterocycles. The number of likely N-dealkylation sites (N-methyl/N-ethyl adjacent to an activating group) is 1. The fourth-order valence-corrected chi connectivity index (χ4v) is 3.95. The number of aliphatic carboxylic acids is 2. The smallest absolute Gasteiger partial charge is 0.475 e. The summed E-state index contributed by atoms with van der Waals surface area (Å²) < 4.78 is 69.3. The van der Waals surface area contributed by atoms with E-state index in [1.165, 1.54) is 0 Å². The van der Waals surface area contributed by atoms with Crippen LogP contribution in [0.4, 0.5) is 26.3 Å². The fraction of sp³-hybridized carbons (Fsp3) is 0.625. The Hall–Kier alpha value is -2.91. The highest BCUT2D eigenvalue weighted by atomic mass is 19.4. The Bertz CT molecular complexity index is 895. The highest BCUT2D eigenvalue weighted by molar-refractivity contribution is 5.79. The average Bonchev–Trinajstić information content (AvgIpc) is 2.84. The molecule has 0 saturated carbocycles. The predicted molar refractivity (Wildman–Crippen MR) is 127 cm³/mol. The zero-order valence-corrected chi connectivity index (χ0v) is 21.6. The second-order valence-electron chi connectivity index (χ2n) is 9.22. The van der Waals surface area contributed by atoms with Gasteiger partial charge >= 0.3 is 24.3 Å². The van der Waals surface area contributed by atoms with Gasteiger partial charge in [0.25, 0.3) is 0 Å². The number of hydrogen-bond acceptors (Lipinski definition) is 6. The first-order valence-electron chi connectivity index (χ1n) is 11.9. The fourth-order valence-electron chi connectivity index (χ4n) is 3.95. The van der Waals surface area contributed by atoms with Crippen LogP contribution in [0.1, 0.15) is 18.4 Å². The third kappa shape index (κ3) is 12.2. The van der Waals surface area contributed by atoms with Crippen molar-refractivity contribution in [2.24, 2.45) is 0 Å². The molecule has 0 atom stereocenters. The average molecular weight is 574 g/mol. The van der Waals surface area contributed by atoms with Gasteiger partial charge in [0.1, 0.15) is 0 Å². The number of alkyl halides is 6. The van der Waals surface area contributed by atoms with Gasteiger partial charge in [0.2, 0.25) is 5.91 Å². The van der Waals surface area contributed by atoms with Crippen molar-refractivity contribution in [3.63, 3.8) is 0 Å². The molecule has 1 amide bonds. The van der Waals surface area contributed by atoms with Crippen molar-refractivity contribution in [2.75, 3.05) is 60.0 Å². The number of hydrogen-bond donors (Lipinski definition) is 2. The van der Waals surface area contributed by atoms with Crippen molar-refractivity contribution in [1.29, 1.82) is 0 Å². The van der Waals surface area contributed by atoms with Crippen LogP contribution >= 0.6 is 0 Å². The molecule has 0 bridgehead atoms. The van der Waals surface area contributed by atoms with Gasteiger partial charge in [0.05, 0.1) is 19.6 Å². The predicted octanol–water partition coefficient (Wildman–Crippen LogP) is 2.75. The lowest BCUT2D eigenvalue weighted by atomic mass is 9.85. The van der Waals surface area contributed by atoms with Crippen molar-refractivity contribution in [1.82, 2.24) is 14.7 Å². The molecule has 0 aliphatic carbocycles. The topological polar surface area (TPSA) is 111 Å². The van der Waals surface area contributed by atoms with E-state index < -0.39 is 24.3 Å². The maximum absolute atomic E-state index is 12.6. The highest BCUT2D eigenvalue weighted by Crippen LogP contribution is 2.32. The first kappa shape index (κ1) is 34.1. The van der Waals surface area contributed by atoms with E-state index in [0.29, 0.717) is 6.42 Å². The third-order valence-corrected chi connectivity index (χ3v) is 6.09. The van der Waals surface area contributed by atoms with Crippen LogP contribution in [-0.4, -0.2) is 121 Å². The van der Waals surface area contributed by atoms with Crippen LogP contribution < -0.4 is 0 Å². The highest BCUT2D eigenvalue weighted by Gasteiger charge is 2.43. The number of piperidine rings is 1. The van der Waals surface area contributed by atoms with Gasteiger partial charge in [-0.2, -0.15) is 26.3 Å². The number of benzene rings is 1. The quantitative estimate of drug-likeness (QED) is 0.518. The van der Waals surface area contributed by atoms with Gasteiger partial charge in [0, 0.05) is 38.3 Å². The van der Waals surface area contributed by atoms with E-state index >= 15 is 0 Å². The molecule has 0 aromatic heterocycles. The Labute approximate surface area is 221 Å². The number of nitrogens with zero attached hydrogens (tertiary/aromatic N) is 3. The Morgan fingerprint density at radius 2 is 1.41 bits per heavy atom. The molecule has 2 heterocycles. The number of likely N-dealkylation sites (tertiary alicyclic amines) is 1. The summed E-state index contributed by atoms with van der Waals surface area (Å²) >= 11 is 0. The van der Waals surface area contributed by atoms with Crippen molar-refractivity contribution >= 4 is 17.8 Å². The Kier molecular flexibility index (Phi) is 13.1. The molecule has 1 spiro atoms. The lowest BCUT2D eigenvalue weighted by Crippen LogP contribution is -2.62. The van der Waals surface area contributed by atoms with Crippen LogP contribution in [0.3, 0.4) is 0 Å². The molecule has 2 aliphatic rings. The number of carbonyl (C=O) groups excluding carboxylic acids is 1. The maximum atomic E-state index is 12.6. The summed E-state index contributed by atoms with van der Waals surface area (Å²) in [6.45, 7) is 6.46. The molecule has 0 unspecified atom stereocenters. The van der Waals surface area contributed by atoms with E-state index in [2.05, 4.69) is 23.9 Å². The van der Waals surface area contributed by atoms with Crippen LogP contribution in [0.2, 0.25) is 0 Å². The minimum absolute atomic E-state index is 0.123. The van der Waals surface area contributed by atoms with Gasteiger partial charge in [-0.05, 0) is 32.5 Å². The molecule has 1 aromatic carbocycles. The number of halogens is 6. The SMILES string of the molecule is CN(C)CCN1CCOCC12CCN(C(=O)Cc1ccccc1)CC2.O=C(O)C(F)(F)F.O=C(O)C(F)(F)F. The van der Waals surface area contributed by atoms with Gasteiger partial charge in [-0.1, -0.05) is 30.3 Å². The Morgan fingerprint density at radius 3 is 1.85 bits per heavy atom. The van der Waals surface area contributed by atoms with Crippen molar-refractivity contribution in [2.45, 2.75) is 37.2 Å².